The van der Waals surface area contributed by atoms with Crippen molar-refractivity contribution in [3.8, 4) is 22.9 Å². The van der Waals surface area contributed by atoms with E-state index in [1.807, 2.05) is 43.3 Å². The SMILES string of the molecule is COc1ccc(C)cc1-n1ccc(C(=O)NCc2ccc3c(c2)OCO3)n1. The second-order valence-corrected chi connectivity index (χ2v) is 6.19. The second kappa shape index (κ2) is 7.03. The second-order valence-electron chi connectivity index (χ2n) is 6.19. The maximum Gasteiger partial charge on any atom is 0.272 e. The van der Waals surface area contributed by atoms with Gasteiger partial charge in [0.05, 0.1) is 7.11 Å². The third kappa shape index (κ3) is 3.44. The average molecular weight is 365 g/mol. The Bertz CT molecular complexity index is 997. The van der Waals surface area contributed by atoms with Gasteiger partial charge in [-0.2, -0.15) is 5.10 Å². The third-order valence-corrected chi connectivity index (χ3v) is 4.29. The van der Waals surface area contributed by atoms with E-state index >= 15 is 0 Å². The first kappa shape index (κ1) is 17.0. The molecule has 4 rings (SSSR count). The number of aryl methyl sites for hydroxylation is 1. The predicted octanol–water partition coefficient (Wildman–Crippen LogP) is 2.85. The highest BCUT2D eigenvalue weighted by Crippen LogP contribution is 2.32. The first-order valence-electron chi connectivity index (χ1n) is 8.51. The molecule has 2 heterocycles. The molecule has 0 bridgehead atoms. The quantitative estimate of drug-likeness (QED) is 0.753. The van der Waals surface area contributed by atoms with Crippen molar-refractivity contribution in [2.45, 2.75) is 13.5 Å². The van der Waals surface area contributed by atoms with Crippen LogP contribution in [-0.2, 0) is 6.54 Å². The molecule has 1 aliphatic rings. The van der Waals surface area contributed by atoms with Gasteiger partial charge in [-0.1, -0.05) is 12.1 Å². The Hall–Kier alpha value is -3.48. The minimum absolute atomic E-state index is 0.227. The Labute approximate surface area is 156 Å². The molecule has 0 fully saturated rings. The van der Waals surface area contributed by atoms with Crippen molar-refractivity contribution in [1.29, 1.82) is 0 Å². The van der Waals surface area contributed by atoms with Crippen LogP contribution < -0.4 is 19.5 Å². The number of amides is 1. The first-order chi connectivity index (χ1) is 13.1. The summed E-state index contributed by atoms with van der Waals surface area (Å²) in [7, 11) is 1.61. The number of hydrogen-bond donors (Lipinski definition) is 1. The molecule has 7 nitrogen and oxygen atoms in total. The zero-order valence-corrected chi connectivity index (χ0v) is 15.1. The van der Waals surface area contributed by atoms with E-state index in [0.29, 0.717) is 23.7 Å². The van der Waals surface area contributed by atoms with Crippen LogP contribution in [-0.4, -0.2) is 29.6 Å². The number of benzene rings is 2. The van der Waals surface area contributed by atoms with Crippen molar-refractivity contribution in [3.05, 3.63) is 65.5 Å². The Balaban J connectivity index is 1.47. The van der Waals surface area contributed by atoms with Crippen LogP contribution in [0.5, 0.6) is 17.2 Å². The molecule has 0 aliphatic carbocycles. The molecule has 1 aliphatic heterocycles. The normalized spacial score (nSPS) is 12.1. The Kier molecular flexibility index (Phi) is 4.42. The van der Waals surface area contributed by atoms with Gasteiger partial charge in [-0.05, 0) is 48.4 Å². The summed E-state index contributed by atoms with van der Waals surface area (Å²) < 4.78 is 17.7. The van der Waals surface area contributed by atoms with Crippen LogP contribution in [0.1, 0.15) is 21.6 Å². The van der Waals surface area contributed by atoms with E-state index in [-0.39, 0.29) is 12.7 Å². The van der Waals surface area contributed by atoms with Gasteiger partial charge in [0, 0.05) is 12.7 Å². The lowest BCUT2D eigenvalue weighted by atomic mass is 10.2. The molecule has 1 N–H and O–H groups in total. The topological polar surface area (TPSA) is 74.6 Å². The smallest absolute Gasteiger partial charge is 0.272 e. The van der Waals surface area contributed by atoms with Gasteiger partial charge in [-0.25, -0.2) is 4.68 Å². The molecule has 0 spiro atoms. The fraction of sp³-hybridized carbons (Fsp3) is 0.200. The minimum Gasteiger partial charge on any atom is -0.494 e. The summed E-state index contributed by atoms with van der Waals surface area (Å²) in [6.45, 7) is 2.59. The van der Waals surface area contributed by atoms with Crippen LogP contribution in [0.2, 0.25) is 0 Å². The molecule has 0 saturated carbocycles. The standard InChI is InChI=1S/C20H19N3O4/c1-13-3-5-17(25-2)16(9-13)23-8-7-15(22-23)20(24)21-11-14-4-6-18-19(10-14)27-12-26-18/h3-10H,11-12H2,1-2H3,(H,21,24). The van der Waals surface area contributed by atoms with Gasteiger partial charge >= 0.3 is 0 Å². The molecule has 0 saturated heterocycles. The van der Waals surface area contributed by atoms with Crippen LogP contribution >= 0.6 is 0 Å². The molecular weight excluding hydrogens is 346 g/mol. The number of carbonyl (C=O) groups excluding carboxylic acids is 1. The molecule has 3 aromatic rings. The molecule has 0 atom stereocenters. The summed E-state index contributed by atoms with van der Waals surface area (Å²) in [5.41, 5.74) is 3.12. The predicted molar refractivity (Wildman–Crippen MR) is 98.6 cm³/mol. The van der Waals surface area contributed by atoms with Gasteiger partial charge in [0.2, 0.25) is 6.79 Å². The molecule has 2 aromatic carbocycles. The highest BCUT2D eigenvalue weighted by molar-refractivity contribution is 5.92. The molecule has 138 valence electrons. The lowest BCUT2D eigenvalue weighted by Crippen LogP contribution is -2.23. The number of rotatable bonds is 5. The number of fused-ring (bicyclic) bond motifs is 1. The summed E-state index contributed by atoms with van der Waals surface area (Å²) in [6, 6.07) is 13.1. The van der Waals surface area contributed by atoms with E-state index < -0.39 is 0 Å². The molecule has 1 amide bonds. The molecule has 1 aromatic heterocycles. The number of ether oxygens (including phenoxy) is 3. The number of methoxy groups -OCH3 is 1. The highest BCUT2D eigenvalue weighted by atomic mass is 16.7. The molecule has 0 unspecified atom stereocenters. The van der Waals surface area contributed by atoms with Crippen LogP contribution in [0.15, 0.2) is 48.7 Å². The van der Waals surface area contributed by atoms with E-state index in [1.165, 1.54) is 0 Å². The number of hydrogen-bond acceptors (Lipinski definition) is 5. The van der Waals surface area contributed by atoms with Crippen LogP contribution in [0.25, 0.3) is 5.69 Å². The largest absolute Gasteiger partial charge is 0.494 e. The van der Waals surface area contributed by atoms with Gasteiger partial charge in [0.25, 0.3) is 5.91 Å². The minimum atomic E-state index is -0.252. The van der Waals surface area contributed by atoms with E-state index in [0.717, 1.165) is 22.6 Å². The Morgan fingerprint density at radius 1 is 1.19 bits per heavy atom. The Morgan fingerprint density at radius 2 is 2.04 bits per heavy atom. The fourth-order valence-corrected chi connectivity index (χ4v) is 2.88. The van der Waals surface area contributed by atoms with Crippen molar-refractivity contribution in [1.82, 2.24) is 15.1 Å². The van der Waals surface area contributed by atoms with Crippen molar-refractivity contribution in [3.63, 3.8) is 0 Å². The van der Waals surface area contributed by atoms with Gasteiger partial charge in [-0.3, -0.25) is 4.79 Å². The average Bonchev–Trinajstić information content (AvgIpc) is 3.35. The zero-order chi connectivity index (χ0) is 18.8. The lowest BCUT2D eigenvalue weighted by Gasteiger charge is -2.09. The van der Waals surface area contributed by atoms with E-state index in [2.05, 4.69) is 10.4 Å². The summed E-state index contributed by atoms with van der Waals surface area (Å²) in [5, 5.41) is 7.25. The molecule has 0 radical (unpaired) electrons. The van der Waals surface area contributed by atoms with Crippen molar-refractivity contribution in [2.24, 2.45) is 0 Å². The maximum absolute atomic E-state index is 12.4. The number of nitrogens with zero attached hydrogens (tertiary/aromatic N) is 2. The number of aromatic nitrogens is 2. The van der Waals surface area contributed by atoms with Crippen LogP contribution in [0.3, 0.4) is 0 Å². The van der Waals surface area contributed by atoms with Gasteiger partial charge < -0.3 is 19.5 Å². The van der Waals surface area contributed by atoms with Gasteiger partial charge in [0.15, 0.2) is 17.2 Å². The summed E-state index contributed by atoms with van der Waals surface area (Å²) >= 11 is 0. The molecule has 27 heavy (non-hydrogen) atoms. The van der Waals surface area contributed by atoms with Crippen molar-refractivity contribution in [2.75, 3.05) is 13.9 Å². The first-order valence-corrected chi connectivity index (χ1v) is 8.51. The number of nitrogens with one attached hydrogen (secondary N) is 1. The highest BCUT2D eigenvalue weighted by Gasteiger charge is 2.15. The van der Waals surface area contributed by atoms with Gasteiger partial charge in [0.1, 0.15) is 11.4 Å². The monoisotopic (exact) mass is 365 g/mol. The van der Waals surface area contributed by atoms with E-state index in [9.17, 15) is 4.79 Å². The Morgan fingerprint density at radius 3 is 2.89 bits per heavy atom. The van der Waals surface area contributed by atoms with E-state index in [1.54, 1.807) is 24.1 Å². The van der Waals surface area contributed by atoms with Crippen molar-refractivity contribution >= 4 is 5.91 Å². The lowest BCUT2D eigenvalue weighted by molar-refractivity contribution is 0.0945. The van der Waals surface area contributed by atoms with Crippen LogP contribution in [0.4, 0.5) is 0 Å². The summed E-state index contributed by atoms with van der Waals surface area (Å²) in [6.07, 6.45) is 1.74. The van der Waals surface area contributed by atoms with E-state index in [4.69, 9.17) is 14.2 Å². The van der Waals surface area contributed by atoms with Crippen molar-refractivity contribution < 1.29 is 19.0 Å². The van der Waals surface area contributed by atoms with Gasteiger partial charge in [-0.15, -0.1) is 0 Å². The maximum atomic E-state index is 12.4. The molecule has 7 heteroatoms. The third-order valence-electron chi connectivity index (χ3n) is 4.29. The number of carbonyl (C=O) groups is 1. The fourth-order valence-electron chi connectivity index (χ4n) is 2.88. The van der Waals surface area contributed by atoms with Crippen LogP contribution in [0, 0.1) is 6.92 Å². The molecular formula is C20H19N3O4. The summed E-state index contributed by atoms with van der Waals surface area (Å²) in [5.74, 6) is 1.85. The summed E-state index contributed by atoms with van der Waals surface area (Å²) in [4.78, 5) is 12.4. The zero-order valence-electron chi connectivity index (χ0n) is 15.1.